The Morgan fingerprint density at radius 2 is 1.88 bits per heavy atom. The highest BCUT2D eigenvalue weighted by atomic mass is 16.5. The van der Waals surface area contributed by atoms with E-state index < -0.39 is 0 Å². The molecule has 2 atom stereocenters. The van der Waals surface area contributed by atoms with E-state index in [1.54, 1.807) is 0 Å². The third-order valence-corrected chi connectivity index (χ3v) is 4.49. The summed E-state index contributed by atoms with van der Waals surface area (Å²) in [4.78, 5) is 0. The van der Waals surface area contributed by atoms with Crippen molar-refractivity contribution in [2.24, 2.45) is 11.8 Å². The Hall–Kier alpha value is -0.0800. The fourth-order valence-corrected chi connectivity index (χ4v) is 3.10. The van der Waals surface area contributed by atoms with Gasteiger partial charge in [-0.2, -0.15) is 0 Å². The predicted octanol–water partition coefficient (Wildman–Crippen LogP) is 2.97. The zero-order valence-electron chi connectivity index (χ0n) is 10.7. The molecule has 2 aliphatic carbocycles. The number of methoxy groups -OCH3 is 1. The van der Waals surface area contributed by atoms with Crippen molar-refractivity contribution in [2.45, 2.75) is 57.5 Å². The first-order valence-corrected chi connectivity index (χ1v) is 7.13. The first-order chi connectivity index (χ1) is 7.90. The van der Waals surface area contributed by atoms with E-state index in [2.05, 4.69) is 5.32 Å². The van der Waals surface area contributed by atoms with E-state index in [4.69, 9.17) is 4.74 Å². The fraction of sp³-hybridized carbons (Fsp3) is 1.00. The molecule has 2 unspecified atom stereocenters. The van der Waals surface area contributed by atoms with Crippen LogP contribution in [0.1, 0.15) is 51.4 Å². The second kappa shape index (κ2) is 6.61. The molecular weight excluding hydrogens is 198 g/mol. The summed E-state index contributed by atoms with van der Waals surface area (Å²) in [7, 11) is 1.88. The van der Waals surface area contributed by atoms with Crippen molar-refractivity contribution in [1.29, 1.82) is 0 Å². The van der Waals surface area contributed by atoms with Gasteiger partial charge < -0.3 is 10.1 Å². The van der Waals surface area contributed by atoms with Crippen LogP contribution in [-0.4, -0.2) is 26.3 Å². The molecule has 0 aromatic heterocycles. The van der Waals surface area contributed by atoms with E-state index in [0.29, 0.717) is 6.10 Å². The van der Waals surface area contributed by atoms with E-state index in [1.165, 1.54) is 64.5 Å². The summed E-state index contributed by atoms with van der Waals surface area (Å²) in [6, 6.07) is 0. The summed E-state index contributed by atoms with van der Waals surface area (Å²) in [6.07, 6.45) is 11.7. The van der Waals surface area contributed by atoms with Crippen LogP contribution in [0.25, 0.3) is 0 Å². The first kappa shape index (κ1) is 12.4. The van der Waals surface area contributed by atoms with Gasteiger partial charge in [0.15, 0.2) is 0 Å². The molecule has 0 aliphatic heterocycles. The lowest BCUT2D eigenvalue weighted by Gasteiger charge is -2.31. The van der Waals surface area contributed by atoms with Gasteiger partial charge in [0.1, 0.15) is 0 Å². The van der Waals surface area contributed by atoms with E-state index in [9.17, 15) is 0 Å². The fourth-order valence-electron chi connectivity index (χ4n) is 3.10. The standard InChI is InChI=1S/C14H27NO/c1-16-14-8-3-2-7-13(14)9-10-15-11-12-5-4-6-12/h12-15H,2-11H2,1H3. The average molecular weight is 225 g/mol. The van der Waals surface area contributed by atoms with Crippen molar-refractivity contribution in [3.63, 3.8) is 0 Å². The topological polar surface area (TPSA) is 21.3 Å². The molecule has 2 nitrogen and oxygen atoms in total. The first-order valence-electron chi connectivity index (χ1n) is 7.13. The van der Waals surface area contributed by atoms with Crippen LogP contribution < -0.4 is 5.32 Å². The molecule has 0 heterocycles. The molecule has 2 heteroatoms. The third kappa shape index (κ3) is 3.46. The molecule has 2 fully saturated rings. The van der Waals surface area contributed by atoms with Crippen molar-refractivity contribution < 1.29 is 4.74 Å². The summed E-state index contributed by atoms with van der Waals surface area (Å²) in [6.45, 7) is 2.45. The molecule has 0 aromatic carbocycles. The van der Waals surface area contributed by atoms with Gasteiger partial charge in [0.2, 0.25) is 0 Å². The highest BCUT2D eigenvalue weighted by Gasteiger charge is 2.24. The lowest BCUT2D eigenvalue weighted by molar-refractivity contribution is 0.0204. The highest BCUT2D eigenvalue weighted by molar-refractivity contribution is 4.77. The maximum atomic E-state index is 5.59. The number of hydrogen-bond acceptors (Lipinski definition) is 2. The zero-order chi connectivity index (χ0) is 11.2. The molecule has 0 amide bonds. The summed E-state index contributed by atoms with van der Waals surface area (Å²) in [5, 5.41) is 3.62. The van der Waals surface area contributed by atoms with Gasteiger partial charge in [-0.3, -0.25) is 0 Å². The summed E-state index contributed by atoms with van der Waals surface area (Å²) < 4.78 is 5.59. The second-order valence-corrected chi connectivity index (χ2v) is 5.61. The summed E-state index contributed by atoms with van der Waals surface area (Å²) in [5.74, 6) is 1.80. The largest absolute Gasteiger partial charge is 0.381 e. The number of rotatable bonds is 6. The minimum atomic E-state index is 0.541. The Morgan fingerprint density at radius 1 is 1.06 bits per heavy atom. The number of ether oxygens (including phenoxy) is 1. The van der Waals surface area contributed by atoms with Crippen LogP contribution in [-0.2, 0) is 4.74 Å². The Labute approximate surface area is 100 Å². The normalized spacial score (nSPS) is 31.3. The van der Waals surface area contributed by atoms with Crippen LogP contribution in [0, 0.1) is 11.8 Å². The van der Waals surface area contributed by atoms with Gasteiger partial charge in [0, 0.05) is 7.11 Å². The van der Waals surface area contributed by atoms with Gasteiger partial charge >= 0.3 is 0 Å². The molecule has 16 heavy (non-hydrogen) atoms. The van der Waals surface area contributed by atoms with Gasteiger partial charge in [-0.15, -0.1) is 0 Å². The molecule has 0 bridgehead atoms. The Kier molecular flexibility index (Phi) is 5.11. The monoisotopic (exact) mass is 225 g/mol. The SMILES string of the molecule is COC1CCCCC1CCNCC1CCC1. The van der Waals surface area contributed by atoms with Gasteiger partial charge in [-0.25, -0.2) is 0 Å². The van der Waals surface area contributed by atoms with Gasteiger partial charge in [-0.1, -0.05) is 19.3 Å². The molecule has 2 aliphatic rings. The van der Waals surface area contributed by atoms with E-state index >= 15 is 0 Å². The molecule has 1 N–H and O–H groups in total. The minimum absolute atomic E-state index is 0.541. The van der Waals surface area contributed by atoms with Crippen molar-refractivity contribution in [2.75, 3.05) is 20.2 Å². The summed E-state index contributed by atoms with van der Waals surface area (Å²) >= 11 is 0. The van der Waals surface area contributed by atoms with Crippen LogP contribution in [0.2, 0.25) is 0 Å². The van der Waals surface area contributed by atoms with Gasteiger partial charge in [-0.05, 0) is 57.0 Å². The van der Waals surface area contributed by atoms with Crippen molar-refractivity contribution >= 4 is 0 Å². The van der Waals surface area contributed by atoms with E-state index in [-0.39, 0.29) is 0 Å². The van der Waals surface area contributed by atoms with Crippen LogP contribution in [0.5, 0.6) is 0 Å². The van der Waals surface area contributed by atoms with Crippen LogP contribution in [0.3, 0.4) is 0 Å². The number of nitrogens with one attached hydrogen (secondary N) is 1. The zero-order valence-corrected chi connectivity index (χ0v) is 10.7. The lowest BCUT2D eigenvalue weighted by atomic mass is 9.83. The molecule has 94 valence electrons. The summed E-state index contributed by atoms with van der Waals surface area (Å²) in [5.41, 5.74) is 0. The van der Waals surface area contributed by atoms with Gasteiger partial charge in [0.25, 0.3) is 0 Å². The maximum Gasteiger partial charge on any atom is 0.0600 e. The predicted molar refractivity (Wildman–Crippen MR) is 67.6 cm³/mol. The highest BCUT2D eigenvalue weighted by Crippen LogP contribution is 2.29. The van der Waals surface area contributed by atoms with Crippen LogP contribution in [0.15, 0.2) is 0 Å². The molecule has 0 radical (unpaired) electrons. The molecule has 0 saturated heterocycles. The maximum absolute atomic E-state index is 5.59. The molecule has 2 saturated carbocycles. The van der Waals surface area contributed by atoms with Gasteiger partial charge in [0.05, 0.1) is 6.10 Å². The third-order valence-electron chi connectivity index (χ3n) is 4.49. The molecule has 0 aromatic rings. The smallest absolute Gasteiger partial charge is 0.0600 e. The van der Waals surface area contributed by atoms with Crippen molar-refractivity contribution in [1.82, 2.24) is 5.32 Å². The number of hydrogen-bond donors (Lipinski definition) is 1. The minimum Gasteiger partial charge on any atom is -0.381 e. The Balaban J connectivity index is 1.56. The van der Waals surface area contributed by atoms with Crippen LogP contribution >= 0.6 is 0 Å². The van der Waals surface area contributed by atoms with E-state index in [0.717, 1.165) is 11.8 Å². The van der Waals surface area contributed by atoms with E-state index in [1.807, 2.05) is 7.11 Å². The molecule has 0 spiro atoms. The second-order valence-electron chi connectivity index (χ2n) is 5.61. The Morgan fingerprint density at radius 3 is 2.56 bits per heavy atom. The molecular formula is C14H27NO. The van der Waals surface area contributed by atoms with Crippen LogP contribution in [0.4, 0.5) is 0 Å². The average Bonchev–Trinajstić information content (AvgIpc) is 2.27. The molecule has 2 rings (SSSR count). The van der Waals surface area contributed by atoms with Crippen molar-refractivity contribution in [3.8, 4) is 0 Å². The quantitative estimate of drug-likeness (QED) is 0.702. The Bertz CT molecular complexity index is 191. The lowest BCUT2D eigenvalue weighted by Crippen LogP contribution is -2.32. The van der Waals surface area contributed by atoms with Crippen molar-refractivity contribution in [3.05, 3.63) is 0 Å².